The van der Waals surface area contributed by atoms with Crippen LogP contribution in [0.1, 0.15) is 13.8 Å². The van der Waals surface area contributed by atoms with Crippen LogP contribution in [0.2, 0.25) is 0 Å². The van der Waals surface area contributed by atoms with E-state index < -0.39 is 5.82 Å². The lowest BCUT2D eigenvalue weighted by Crippen LogP contribution is -2.15. The maximum Gasteiger partial charge on any atom is 0.247 e. The van der Waals surface area contributed by atoms with Crippen LogP contribution in [-0.2, 0) is 9.53 Å². The number of amides is 1. The molecule has 34 heavy (non-hydrogen) atoms. The Kier molecular flexibility index (Phi) is 10.5. The van der Waals surface area contributed by atoms with Gasteiger partial charge in [0.25, 0.3) is 0 Å². The highest BCUT2D eigenvalue weighted by molar-refractivity contribution is 5.99. The van der Waals surface area contributed by atoms with Gasteiger partial charge in [-0.25, -0.2) is 9.37 Å². The predicted octanol–water partition coefficient (Wildman–Crippen LogP) is 5.30. The van der Waals surface area contributed by atoms with Crippen molar-refractivity contribution in [2.45, 2.75) is 13.8 Å². The first-order valence-electron chi connectivity index (χ1n) is 10.8. The van der Waals surface area contributed by atoms with Crippen molar-refractivity contribution >= 4 is 34.7 Å². The number of ether oxygens (including phenoxy) is 2. The summed E-state index contributed by atoms with van der Waals surface area (Å²) in [5.41, 5.74) is 1.91. The third-order valence-electron chi connectivity index (χ3n) is 4.40. The first-order chi connectivity index (χ1) is 16.5. The zero-order valence-corrected chi connectivity index (χ0v) is 19.8. The maximum absolute atomic E-state index is 14.5. The Hall–Kier alpha value is -3.98. The number of benzene rings is 2. The summed E-state index contributed by atoms with van der Waals surface area (Å²) in [6, 6.07) is 14.2. The summed E-state index contributed by atoms with van der Waals surface area (Å²) >= 11 is 0. The van der Waals surface area contributed by atoms with Crippen molar-refractivity contribution in [3.63, 3.8) is 0 Å². The standard InChI is InChI=1S/C23H24FN5O3.C2H6/c1-4-21(30)26-17-6-5-7-18(14-17)29(2)22-20(24)15-25-23(28-22)27-16-8-10-19(11-9-16)32-13-12-31-3;1-2/h4-11,14-15H,1,12-13H2,2-3H3,(H,26,30)(H,25,27,28);1-2H3. The third-order valence-corrected chi connectivity index (χ3v) is 4.40. The first-order valence-corrected chi connectivity index (χ1v) is 10.8. The average molecular weight is 468 g/mol. The summed E-state index contributed by atoms with van der Waals surface area (Å²) in [4.78, 5) is 21.4. The van der Waals surface area contributed by atoms with Gasteiger partial charge in [-0.3, -0.25) is 4.79 Å². The fourth-order valence-corrected chi connectivity index (χ4v) is 2.77. The lowest BCUT2D eigenvalue weighted by atomic mass is 10.2. The van der Waals surface area contributed by atoms with E-state index in [2.05, 4.69) is 27.2 Å². The SMILES string of the molecule is C=CC(=O)Nc1cccc(N(C)c2nc(Nc3ccc(OCCOC)cc3)ncc2F)c1.CC. The van der Waals surface area contributed by atoms with Crippen LogP contribution in [0.3, 0.4) is 0 Å². The van der Waals surface area contributed by atoms with Gasteiger partial charge in [-0.15, -0.1) is 0 Å². The maximum atomic E-state index is 14.5. The summed E-state index contributed by atoms with van der Waals surface area (Å²) in [6.45, 7) is 8.39. The van der Waals surface area contributed by atoms with E-state index in [0.29, 0.717) is 30.3 Å². The van der Waals surface area contributed by atoms with E-state index in [1.54, 1.807) is 55.5 Å². The van der Waals surface area contributed by atoms with Gasteiger partial charge in [0.05, 0.1) is 12.8 Å². The van der Waals surface area contributed by atoms with E-state index in [1.807, 2.05) is 26.0 Å². The van der Waals surface area contributed by atoms with E-state index in [-0.39, 0.29) is 17.7 Å². The smallest absolute Gasteiger partial charge is 0.247 e. The molecule has 8 nitrogen and oxygen atoms in total. The van der Waals surface area contributed by atoms with E-state index in [9.17, 15) is 9.18 Å². The van der Waals surface area contributed by atoms with Crippen LogP contribution in [0.5, 0.6) is 5.75 Å². The second-order valence-electron chi connectivity index (χ2n) is 6.66. The number of methoxy groups -OCH3 is 1. The van der Waals surface area contributed by atoms with Crippen LogP contribution < -0.4 is 20.3 Å². The number of anilines is 5. The molecule has 3 aromatic rings. The van der Waals surface area contributed by atoms with Gasteiger partial charge in [-0.2, -0.15) is 4.98 Å². The summed E-state index contributed by atoms with van der Waals surface area (Å²) in [7, 11) is 3.29. The average Bonchev–Trinajstić information content (AvgIpc) is 2.87. The number of carbonyl (C=O) groups is 1. The Morgan fingerprint density at radius 3 is 2.56 bits per heavy atom. The second-order valence-corrected chi connectivity index (χ2v) is 6.66. The molecule has 0 saturated heterocycles. The molecule has 0 radical (unpaired) electrons. The molecule has 180 valence electrons. The molecule has 0 spiro atoms. The van der Waals surface area contributed by atoms with E-state index in [4.69, 9.17) is 9.47 Å². The van der Waals surface area contributed by atoms with Crippen molar-refractivity contribution in [2.75, 3.05) is 42.9 Å². The van der Waals surface area contributed by atoms with Gasteiger partial charge in [0.15, 0.2) is 11.6 Å². The number of nitrogens with one attached hydrogen (secondary N) is 2. The molecule has 0 bridgehead atoms. The predicted molar refractivity (Wildman–Crippen MR) is 134 cm³/mol. The molecule has 9 heteroatoms. The van der Waals surface area contributed by atoms with Gasteiger partial charge in [0, 0.05) is 31.2 Å². The van der Waals surface area contributed by atoms with Crippen LogP contribution >= 0.6 is 0 Å². The normalized spacial score (nSPS) is 9.91. The van der Waals surface area contributed by atoms with E-state index in [1.165, 1.54) is 6.08 Å². The van der Waals surface area contributed by atoms with Gasteiger partial charge in [0.1, 0.15) is 12.4 Å². The lowest BCUT2D eigenvalue weighted by molar-refractivity contribution is -0.111. The molecular weight excluding hydrogens is 437 g/mol. The Balaban J connectivity index is 0.00000199. The minimum Gasteiger partial charge on any atom is -0.491 e. The molecular formula is C25H30FN5O3. The number of halogens is 1. The van der Waals surface area contributed by atoms with Crippen molar-refractivity contribution in [1.82, 2.24) is 9.97 Å². The molecule has 2 N–H and O–H groups in total. The minimum atomic E-state index is -0.583. The van der Waals surface area contributed by atoms with Crippen LogP contribution in [0.15, 0.2) is 67.4 Å². The molecule has 1 heterocycles. The van der Waals surface area contributed by atoms with Gasteiger partial charge >= 0.3 is 0 Å². The fourth-order valence-electron chi connectivity index (χ4n) is 2.77. The first kappa shape index (κ1) is 26.3. The fraction of sp³-hybridized carbons (Fsp3) is 0.240. The topological polar surface area (TPSA) is 88.6 Å². The van der Waals surface area contributed by atoms with Crippen molar-refractivity contribution < 1.29 is 18.7 Å². The number of aromatic nitrogens is 2. The molecule has 0 unspecified atom stereocenters. The van der Waals surface area contributed by atoms with Crippen LogP contribution in [0.4, 0.5) is 33.2 Å². The molecule has 0 saturated carbocycles. The Morgan fingerprint density at radius 2 is 1.88 bits per heavy atom. The number of rotatable bonds is 10. The monoisotopic (exact) mass is 467 g/mol. The van der Waals surface area contributed by atoms with Gasteiger partial charge in [0.2, 0.25) is 11.9 Å². The number of carbonyl (C=O) groups excluding carboxylic acids is 1. The summed E-state index contributed by atoms with van der Waals surface area (Å²) < 4.78 is 25.0. The Morgan fingerprint density at radius 1 is 1.15 bits per heavy atom. The highest BCUT2D eigenvalue weighted by atomic mass is 19.1. The lowest BCUT2D eigenvalue weighted by Gasteiger charge is -2.20. The Bertz CT molecular complexity index is 1080. The quantitative estimate of drug-likeness (QED) is 0.309. The van der Waals surface area contributed by atoms with Crippen LogP contribution in [0.25, 0.3) is 0 Å². The van der Waals surface area contributed by atoms with Crippen molar-refractivity contribution in [3.8, 4) is 5.75 Å². The number of nitrogens with zero attached hydrogens (tertiary/aromatic N) is 3. The van der Waals surface area contributed by atoms with Crippen LogP contribution in [0, 0.1) is 5.82 Å². The van der Waals surface area contributed by atoms with Gasteiger partial charge in [-0.1, -0.05) is 26.5 Å². The molecule has 0 aliphatic heterocycles. The number of hydrogen-bond acceptors (Lipinski definition) is 7. The van der Waals surface area contributed by atoms with Crippen molar-refractivity contribution in [1.29, 1.82) is 0 Å². The minimum absolute atomic E-state index is 0.0780. The molecule has 3 rings (SSSR count). The van der Waals surface area contributed by atoms with E-state index >= 15 is 0 Å². The van der Waals surface area contributed by atoms with Gasteiger partial charge in [-0.05, 0) is 48.5 Å². The third kappa shape index (κ3) is 7.56. The zero-order valence-electron chi connectivity index (χ0n) is 19.8. The molecule has 1 aromatic heterocycles. The Labute approximate surface area is 199 Å². The molecule has 0 aliphatic carbocycles. The highest BCUT2D eigenvalue weighted by Gasteiger charge is 2.14. The number of hydrogen-bond donors (Lipinski definition) is 2. The van der Waals surface area contributed by atoms with Crippen molar-refractivity contribution in [2.24, 2.45) is 0 Å². The zero-order chi connectivity index (χ0) is 24.9. The van der Waals surface area contributed by atoms with Gasteiger partial charge < -0.3 is 25.0 Å². The molecule has 2 aromatic carbocycles. The molecule has 0 atom stereocenters. The molecule has 1 amide bonds. The molecule has 0 fully saturated rings. The summed E-state index contributed by atoms with van der Waals surface area (Å²) in [5, 5.41) is 5.73. The summed E-state index contributed by atoms with van der Waals surface area (Å²) in [6.07, 6.45) is 2.28. The van der Waals surface area contributed by atoms with E-state index in [0.717, 1.165) is 11.9 Å². The van der Waals surface area contributed by atoms with Crippen molar-refractivity contribution in [3.05, 3.63) is 73.2 Å². The van der Waals surface area contributed by atoms with Crippen LogP contribution in [-0.4, -0.2) is 43.2 Å². The summed E-state index contributed by atoms with van der Waals surface area (Å²) in [5.74, 6) is 0.100. The largest absolute Gasteiger partial charge is 0.491 e. The molecule has 0 aliphatic rings. The highest BCUT2D eigenvalue weighted by Crippen LogP contribution is 2.28. The second kappa shape index (κ2) is 13.5.